The molecule has 0 amide bonds. The summed E-state index contributed by atoms with van der Waals surface area (Å²) >= 11 is 0. The molecule has 0 N–H and O–H groups in total. The zero-order chi connectivity index (χ0) is 9.84. The number of methoxy groups -OCH3 is 1. The number of nitrogens with zero attached hydrogens (tertiary/aromatic N) is 1. The molecule has 0 saturated heterocycles. The number of aryl methyl sites for hydroxylation is 2. The molecule has 0 saturated carbocycles. The molecule has 2 nitrogen and oxygen atoms in total. The Bertz CT molecular complexity index is 327. The van der Waals surface area contributed by atoms with Crippen LogP contribution in [-0.2, 0) is 6.42 Å². The Morgan fingerprint density at radius 3 is 2.23 bits per heavy atom. The van der Waals surface area contributed by atoms with Crippen molar-refractivity contribution in [2.45, 2.75) is 20.3 Å². The normalized spacial score (nSPS) is 9.38. The van der Waals surface area contributed by atoms with Crippen molar-refractivity contribution < 1.29 is 4.74 Å². The zero-order valence-corrected chi connectivity index (χ0v) is 8.22. The van der Waals surface area contributed by atoms with Gasteiger partial charge in [0.1, 0.15) is 5.75 Å². The molecule has 2 heteroatoms. The van der Waals surface area contributed by atoms with Gasteiger partial charge in [-0.05, 0) is 42.7 Å². The van der Waals surface area contributed by atoms with Gasteiger partial charge in [-0.25, -0.2) is 0 Å². The largest absolute Gasteiger partial charge is 0.497 e. The highest BCUT2D eigenvalue weighted by atomic mass is 16.5. The lowest BCUT2D eigenvalue weighted by atomic mass is 10.0. The summed E-state index contributed by atoms with van der Waals surface area (Å²) in [6.07, 6.45) is 0.474. The topological polar surface area (TPSA) is 33.0 Å². The van der Waals surface area contributed by atoms with E-state index in [4.69, 9.17) is 10.00 Å². The summed E-state index contributed by atoms with van der Waals surface area (Å²) in [4.78, 5) is 0. The number of nitriles is 1. The van der Waals surface area contributed by atoms with Gasteiger partial charge in [-0.2, -0.15) is 5.26 Å². The third-order valence-electron chi connectivity index (χ3n) is 2.16. The van der Waals surface area contributed by atoms with Gasteiger partial charge in [0, 0.05) is 0 Å². The van der Waals surface area contributed by atoms with E-state index in [2.05, 4.69) is 6.07 Å². The molecule has 1 aromatic rings. The molecule has 0 aliphatic heterocycles. The monoisotopic (exact) mass is 175 g/mol. The second-order valence-electron chi connectivity index (χ2n) is 3.07. The number of ether oxygens (including phenoxy) is 1. The van der Waals surface area contributed by atoms with Gasteiger partial charge in [0.25, 0.3) is 0 Å². The SMILES string of the molecule is COc1cc(C)c(CC#N)c(C)c1. The Kier molecular flexibility index (Phi) is 2.92. The molecule has 0 unspecified atom stereocenters. The minimum Gasteiger partial charge on any atom is -0.497 e. The first-order valence-corrected chi connectivity index (χ1v) is 4.20. The predicted octanol–water partition coefficient (Wildman–Crippen LogP) is 2.38. The molecule has 0 aliphatic rings. The Morgan fingerprint density at radius 1 is 1.31 bits per heavy atom. The maximum Gasteiger partial charge on any atom is 0.119 e. The lowest BCUT2D eigenvalue weighted by Crippen LogP contribution is -1.94. The summed E-state index contributed by atoms with van der Waals surface area (Å²) in [6.45, 7) is 4.00. The fourth-order valence-electron chi connectivity index (χ4n) is 1.43. The highest BCUT2D eigenvalue weighted by Crippen LogP contribution is 2.21. The van der Waals surface area contributed by atoms with Gasteiger partial charge in [0.2, 0.25) is 0 Å². The van der Waals surface area contributed by atoms with Crippen LogP contribution in [0, 0.1) is 25.2 Å². The predicted molar refractivity (Wildman–Crippen MR) is 51.8 cm³/mol. The molecule has 1 rings (SSSR count). The van der Waals surface area contributed by atoms with E-state index in [9.17, 15) is 0 Å². The van der Waals surface area contributed by atoms with Gasteiger partial charge in [-0.3, -0.25) is 0 Å². The minimum atomic E-state index is 0.474. The van der Waals surface area contributed by atoms with Gasteiger partial charge in [-0.1, -0.05) is 0 Å². The summed E-state index contributed by atoms with van der Waals surface area (Å²) in [5.41, 5.74) is 3.36. The number of rotatable bonds is 2. The number of hydrogen-bond donors (Lipinski definition) is 0. The molecular formula is C11H13NO. The van der Waals surface area contributed by atoms with Crippen LogP contribution in [0.4, 0.5) is 0 Å². The van der Waals surface area contributed by atoms with Crippen molar-refractivity contribution in [1.82, 2.24) is 0 Å². The summed E-state index contributed by atoms with van der Waals surface area (Å²) in [7, 11) is 1.65. The molecule has 0 aliphatic carbocycles. The van der Waals surface area contributed by atoms with Gasteiger partial charge in [0.05, 0.1) is 19.6 Å². The smallest absolute Gasteiger partial charge is 0.119 e. The third-order valence-corrected chi connectivity index (χ3v) is 2.16. The highest BCUT2D eigenvalue weighted by Gasteiger charge is 2.04. The summed E-state index contributed by atoms with van der Waals surface area (Å²) < 4.78 is 5.13. The van der Waals surface area contributed by atoms with Crippen molar-refractivity contribution in [3.63, 3.8) is 0 Å². The maximum absolute atomic E-state index is 8.61. The standard InChI is InChI=1S/C11H13NO/c1-8-6-10(13-3)7-9(2)11(8)4-5-12/h6-7H,4H2,1-3H3. The van der Waals surface area contributed by atoms with Gasteiger partial charge in [0.15, 0.2) is 0 Å². The lowest BCUT2D eigenvalue weighted by molar-refractivity contribution is 0.414. The molecule has 0 spiro atoms. The van der Waals surface area contributed by atoms with Crippen molar-refractivity contribution >= 4 is 0 Å². The Morgan fingerprint density at radius 2 is 1.85 bits per heavy atom. The molecule has 0 radical (unpaired) electrons. The van der Waals surface area contributed by atoms with E-state index in [1.165, 1.54) is 0 Å². The molecule has 0 atom stereocenters. The van der Waals surface area contributed by atoms with E-state index >= 15 is 0 Å². The van der Waals surface area contributed by atoms with Crippen LogP contribution in [0.1, 0.15) is 16.7 Å². The molecule has 1 aromatic carbocycles. The van der Waals surface area contributed by atoms with Gasteiger partial charge in [-0.15, -0.1) is 0 Å². The number of benzene rings is 1. The Labute approximate surface area is 78.8 Å². The van der Waals surface area contributed by atoms with E-state index in [0.717, 1.165) is 22.4 Å². The van der Waals surface area contributed by atoms with E-state index in [-0.39, 0.29) is 0 Å². The summed E-state index contributed by atoms with van der Waals surface area (Å²) in [6, 6.07) is 6.08. The molecule has 0 bridgehead atoms. The van der Waals surface area contributed by atoms with Gasteiger partial charge >= 0.3 is 0 Å². The third kappa shape index (κ3) is 2.00. The van der Waals surface area contributed by atoms with Crippen LogP contribution < -0.4 is 4.74 Å². The van der Waals surface area contributed by atoms with Crippen molar-refractivity contribution in [1.29, 1.82) is 5.26 Å². The van der Waals surface area contributed by atoms with Crippen LogP contribution in [0.15, 0.2) is 12.1 Å². The fourth-order valence-corrected chi connectivity index (χ4v) is 1.43. The quantitative estimate of drug-likeness (QED) is 0.691. The summed E-state index contributed by atoms with van der Waals surface area (Å²) in [5.74, 6) is 0.858. The molecule has 68 valence electrons. The van der Waals surface area contributed by atoms with Crippen molar-refractivity contribution in [2.24, 2.45) is 0 Å². The van der Waals surface area contributed by atoms with Crippen LogP contribution in [0.5, 0.6) is 5.75 Å². The molecule has 0 aromatic heterocycles. The van der Waals surface area contributed by atoms with E-state index in [1.54, 1.807) is 7.11 Å². The van der Waals surface area contributed by atoms with E-state index < -0.39 is 0 Å². The second kappa shape index (κ2) is 3.95. The van der Waals surface area contributed by atoms with Crippen molar-refractivity contribution in [3.05, 3.63) is 28.8 Å². The van der Waals surface area contributed by atoms with Crippen LogP contribution in [0.25, 0.3) is 0 Å². The Balaban J connectivity index is 3.16. The zero-order valence-electron chi connectivity index (χ0n) is 8.22. The highest BCUT2D eigenvalue weighted by molar-refractivity contribution is 5.42. The molecule has 0 heterocycles. The molecule has 0 fully saturated rings. The average Bonchev–Trinajstić information content (AvgIpc) is 2.11. The van der Waals surface area contributed by atoms with E-state index in [0.29, 0.717) is 6.42 Å². The minimum absolute atomic E-state index is 0.474. The van der Waals surface area contributed by atoms with Crippen molar-refractivity contribution in [2.75, 3.05) is 7.11 Å². The average molecular weight is 175 g/mol. The van der Waals surface area contributed by atoms with Crippen LogP contribution in [0.2, 0.25) is 0 Å². The van der Waals surface area contributed by atoms with Crippen molar-refractivity contribution in [3.8, 4) is 11.8 Å². The Hall–Kier alpha value is -1.49. The molecule has 13 heavy (non-hydrogen) atoms. The number of hydrogen-bond acceptors (Lipinski definition) is 2. The fraction of sp³-hybridized carbons (Fsp3) is 0.364. The first kappa shape index (κ1) is 9.60. The van der Waals surface area contributed by atoms with Crippen LogP contribution in [-0.4, -0.2) is 7.11 Å². The van der Waals surface area contributed by atoms with Crippen LogP contribution >= 0.6 is 0 Å². The lowest BCUT2D eigenvalue weighted by Gasteiger charge is -2.08. The first-order valence-electron chi connectivity index (χ1n) is 4.20. The molecular weight excluding hydrogens is 162 g/mol. The van der Waals surface area contributed by atoms with Gasteiger partial charge < -0.3 is 4.74 Å². The maximum atomic E-state index is 8.61. The summed E-state index contributed by atoms with van der Waals surface area (Å²) in [5, 5.41) is 8.61. The first-order chi connectivity index (χ1) is 6.19. The second-order valence-corrected chi connectivity index (χ2v) is 3.07. The van der Waals surface area contributed by atoms with E-state index in [1.807, 2.05) is 26.0 Å². The van der Waals surface area contributed by atoms with Crippen LogP contribution in [0.3, 0.4) is 0 Å².